The van der Waals surface area contributed by atoms with Crippen LogP contribution in [0.5, 0.6) is 0 Å². The summed E-state index contributed by atoms with van der Waals surface area (Å²) in [6, 6.07) is 4.10. The van der Waals surface area contributed by atoms with Crippen LogP contribution in [0.1, 0.15) is 16.1 Å². The highest BCUT2D eigenvalue weighted by atomic mass is 16.2. The number of rotatable bonds is 3. The summed E-state index contributed by atoms with van der Waals surface area (Å²) in [4.78, 5) is 29.1. The molecule has 23 heavy (non-hydrogen) atoms. The first-order valence-corrected chi connectivity index (χ1v) is 7.96. The maximum Gasteiger partial charge on any atom is 0.274 e. The molecule has 2 saturated heterocycles. The number of likely N-dealkylation sites (tertiary alicyclic amines) is 2. The number of carbonyl (C=O) groups is 1. The van der Waals surface area contributed by atoms with Gasteiger partial charge in [-0.15, -0.1) is 0 Å². The van der Waals surface area contributed by atoms with Gasteiger partial charge >= 0.3 is 0 Å². The van der Waals surface area contributed by atoms with Crippen molar-refractivity contribution in [3.8, 4) is 0 Å². The Balaban J connectivity index is 1.36. The summed E-state index contributed by atoms with van der Waals surface area (Å²) >= 11 is 0. The highest BCUT2D eigenvalue weighted by molar-refractivity contribution is 5.92. The van der Waals surface area contributed by atoms with Crippen LogP contribution in [0, 0.1) is 11.8 Å². The third-order valence-electron chi connectivity index (χ3n) is 4.76. The number of carbonyl (C=O) groups excluding carboxylic acids is 1. The molecule has 0 aliphatic carbocycles. The lowest BCUT2D eigenvalue weighted by atomic mass is 10.0. The SMILES string of the molecule is O=C(c1cnccn1)N1C[C@@H]2CN(Cc3cccnc3)C[C@H]2C1. The maximum absolute atomic E-state index is 12.5. The van der Waals surface area contributed by atoms with Crippen molar-refractivity contribution < 1.29 is 4.79 Å². The van der Waals surface area contributed by atoms with Gasteiger partial charge in [-0.1, -0.05) is 6.07 Å². The molecule has 4 rings (SSSR count). The molecule has 2 aliphatic rings. The highest BCUT2D eigenvalue weighted by Gasteiger charge is 2.41. The van der Waals surface area contributed by atoms with E-state index < -0.39 is 0 Å². The molecule has 0 N–H and O–H groups in total. The van der Waals surface area contributed by atoms with Crippen molar-refractivity contribution in [3.63, 3.8) is 0 Å². The molecule has 0 radical (unpaired) electrons. The second-order valence-electron chi connectivity index (χ2n) is 6.38. The van der Waals surface area contributed by atoms with Crippen LogP contribution < -0.4 is 0 Å². The summed E-state index contributed by atoms with van der Waals surface area (Å²) in [6.07, 6.45) is 8.44. The number of amides is 1. The summed E-state index contributed by atoms with van der Waals surface area (Å²) in [5, 5.41) is 0. The van der Waals surface area contributed by atoms with Crippen molar-refractivity contribution in [3.05, 3.63) is 54.4 Å². The van der Waals surface area contributed by atoms with E-state index in [9.17, 15) is 4.79 Å². The number of pyridine rings is 1. The molecular formula is C17H19N5O. The Labute approximate surface area is 135 Å². The molecule has 2 atom stereocenters. The fourth-order valence-corrected chi connectivity index (χ4v) is 3.71. The minimum absolute atomic E-state index is 0.00584. The zero-order valence-corrected chi connectivity index (χ0v) is 12.9. The fourth-order valence-electron chi connectivity index (χ4n) is 3.71. The summed E-state index contributed by atoms with van der Waals surface area (Å²) < 4.78 is 0. The Morgan fingerprint density at radius 2 is 1.83 bits per heavy atom. The van der Waals surface area contributed by atoms with Crippen LogP contribution in [0.25, 0.3) is 0 Å². The molecule has 2 aliphatic heterocycles. The number of hydrogen-bond donors (Lipinski definition) is 0. The van der Waals surface area contributed by atoms with E-state index in [0.717, 1.165) is 32.7 Å². The number of hydrogen-bond acceptors (Lipinski definition) is 5. The first-order chi connectivity index (χ1) is 11.3. The average molecular weight is 309 g/mol. The lowest BCUT2D eigenvalue weighted by Gasteiger charge is -2.21. The zero-order valence-electron chi connectivity index (χ0n) is 12.9. The van der Waals surface area contributed by atoms with Gasteiger partial charge in [0.1, 0.15) is 5.69 Å². The topological polar surface area (TPSA) is 62.2 Å². The smallest absolute Gasteiger partial charge is 0.274 e. The van der Waals surface area contributed by atoms with E-state index in [4.69, 9.17) is 0 Å². The van der Waals surface area contributed by atoms with Crippen molar-refractivity contribution in [2.45, 2.75) is 6.54 Å². The van der Waals surface area contributed by atoms with Gasteiger partial charge in [-0.25, -0.2) is 4.98 Å². The normalized spacial score (nSPS) is 23.9. The molecule has 0 bridgehead atoms. The molecule has 6 heteroatoms. The summed E-state index contributed by atoms with van der Waals surface area (Å²) in [5.41, 5.74) is 1.69. The lowest BCUT2D eigenvalue weighted by Crippen LogP contribution is -2.33. The second-order valence-corrected chi connectivity index (χ2v) is 6.38. The zero-order chi connectivity index (χ0) is 15.6. The first-order valence-electron chi connectivity index (χ1n) is 7.96. The molecule has 118 valence electrons. The van der Waals surface area contributed by atoms with Crippen LogP contribution in [0.4, 0.5) is 0 Å². The van der Waals surface area contributed by atoms with Crippen molar-refractivity contribution in [2.24, 2.45) is 11.8 Å². The molecule has 6 nitrogen and oxygen atoms in total. The van der Waals surface area contributed by atoms with Gasteiger partial charge in [0.15, 0.2) is 0 Å². The Morgan fingerprint density at radius 1 is 1.04 bits per heavy atom. The van der Waals surface area contributed by atoms with E-state index >= 15 is 0 Å². The standard InChI is InChI=1S/C17H19N5O/c23-17(16-7-19-4-5-20-16)22-11-14-9-21(10-15(14)12-22)8-13-2-1-3-18-6-13/h1-7,14-15H,8-12H2/t14-,15-/m0/s1. The van der Waals surface area contributed by atoms with Crippen LogP contribution in [0.2, 0.25) is 0 Å². The van der Waals surface area contributed by atoms with Crippen LogP contribution in [-0.4, -0.2) is 56.8 Å². The van der Waals surface area contributed by atoms with Crippen molar-refractivity contribution in [1.29, 1.82) is 0 Å². The number of nitrogens with zero attached hydrogens (tertiary/aromatic N) is 5. The minimum Gasteiger partial charge on any atom is -0.337 e. The third-order valence-corrected chi connectivity index (χ3v) is 4.76. The van der Waals surface area contributed by atoms with Gasteiger partial charge in [0.25, 0.3) is 5.91 Å². The van der Waals surface area contributed by atoms with E-state index in [1.807, 2.05) is 17.2 Å². The maximum atomic E-state index is 12.5. The molecular weight excluding hydrogens is 290 g/mol. The van der Waals surface area contributed by atoms with E-state index in [0.29, 0.717) is 17.5 Å². The predicted octanol–water partition coefficient (Wildman–Crippen LogP) is 1.08. The minimum atomic E-state index is 0.00584. The quantitative estimate of drug-likeness (QED) is 0.849. The molecule has 2 fully saturated rings. The number of aromatic nitrogens is 3. The van der Waals surface area contributed by atoms with Gasteiger partial charge in [-0.2, -0.15) is 0 Å². The van der Waals surface area contributed by atoms with Gasteiger partial charge in [0, 0.05) is 57.5 Å². The lowest BCUT2D eigenvalue weighted by molar-refractivity contribution is 0.0767. The molecule has 0 aromatic carbocycles. The largest absolute Gasteiger partial charge is 0.337 e. The Kier molecular flexibility index (Phi) is 3.75. The molecule has 2 aromatic heterocycles. The fraction of sp³-hybridized carbons (Fsp3) is 0.412. The Bertz CT molecular complexity index is 664. The van der Waals surface area contributed by atoms with Crippen LogP contribution in [0.3, 0.4) is 0 Å². The van der Waals surface area contributed by atoms with Crippen LogP contribution >= 0.6 is 0 Å². The molecule has 0 saturated carbocycles. The molecule has 0 unspecified atom stereocenters. The van der Waals surface area contributed by atoms with E-state index in [-0.39, 0.29) is 5.91 Å². The molecule has 2 aromatic rings. The predicted molar refractivity (Wildman–Crippen MR) is 84.4 cm³/mol. The summed E-state index contributed by atoms with van der Waals surface area (Å²) in [6.45, 7) is 4.68. The number of fused-ring (bicyclic) bond motifs is 1. The van der Waals surface area contributed by atoms with E-state index in [1.165, 1.54) is 5.56 Å². The molecule has 1 amide bonds. The Morgan fingerprint density at radius 3 is 2.48 bits per heavy atom. The average Bonchev–Trinajstić information content (AvgIpc) is 3.14. The highest BCUT2D eigenvalue weighted by Crippen LogP contribution is 2.32. The van der Waals surface area contributed by atoms with Gasteiger partial charge in [-0.05, 0) is 23.5 Å². The molecule has 4 heterocycles. The third kappa shape index (κ3) is 2.94. The second kappa shape index (κ2) is 6.04. The van der Waals surface area contributed by atoms with E-state index in [1.54, 1.807) is 24.8 Å². The van der Waals surface area contributed by atoms with Gasteiger partial charge in [0.05, 0.1) is 6.20 Å². The van der Waals surface area contributed by atoms with Gasteiger partial charge in [-0.3, -0.25) is 19.7 Å². The summed E-state index contributed by atoms with van der Waals surface area (Å²) in [7, 11) is 0. The first kappa shape index (κ1) is 14.3. The monoisotopic (exact) mass is 309 g/mol. The summed E-state index contributed by atoms with van der Waals surface area (Å²) in [5.74, 6) is 1.13. The van der Waals surface area contributed by atoms with Crippen LogP contribution in [-0.2, 0) is 6.54 Å². The Hall–Kier alpha value is -2.34. The van der Waals surface area contributed by atoms with Crippen LogP contribution in [0.15, 0.2) is 43.1 Å². The van der Waals surface area contributed by atoms with Crippen molar-refractivity contribution in [1.82, 2.24) is 24.8 Å². The van der Waals surface area contributed by atoms with Crippen molar-refractivity contribution in [2.75, 3.05) is 26.2 Å². The van der Waals surface area contributed by atoms with Gasteiger partial charge in [0.2, 0.25) is 0 Å². The van der Waals surface area contributed by atoms with Gasteiger partial charge < -0.3 is 4.90 Å². The van der Waals surface area contributed by atoms with Crippen molar-refractivity contribution >= 4 is 5.91 Å². The van der Waals surface area contributed by atoms with E-state index in [2.05, 4.69) is 25.9 Å². The molecule has 0 spiro atoms.